The average Bonchev–Trinajstić information content (AvgIpc) is 3.01. The van der Waals surface area contributed by atoms with Gasteiger partial charge in [0.1, 0.15) is 0 Å². The van der Waals surface area contributed by atoms with Gasteiger partial charge in [0.2, 0.25) is 10.0 Å². The summed E-state index contributed by atoms with van der Waals surface area (Å²) in [6.07, 6.45) is 5.13. The summed E-state index contributed by atoms with van der Waals surface area (Å²) in [5.41, 5.74) is 5.93. The van der Waals surface area contributed by atoms with Gasteiger partial charge in [0.15, 0.2) is 0 Å². The van der Waals surface area contributed by atoms with E-state index in [0.717, 1.165) is 31.6 Å². The average molecular weight is 244 g/mol. The van der Waals surface area contributed by atoms with Crippen molar-refractivity contribution < 1.29 is 8.42 Å². The molecule has 4 atom stereocenters. The maximum Gasteiger partial charge on any atom is 0.214 e. The molecule has 4 unspecified atom stereocenters. The first kappa shape index (κ1) is 11.0. The molecule has 0 aliphatic heterocycles. The monoisotopic (exact) mass is 244 g/mol. The van der Waals surface area contributed by atoms with Gasteiger partial charge in [-0.05, 0) is 49.9 Å². The van der Waals surface area contributed by atoms with E-state index in [4.69, 9.17) is 5.73 Å². The summed E-state index contributed by atoms with van der Waals surface area (Å²) < 4.78 is 26.1. The maximum atomic E-state index is 11.7. The Balaban J connectivity index is 1.50. The van der Waals surface area contributed by atoms with E-state index in [0.29, 0.717) is 24.4 Å². The normalized spacial score (nSPS) is 42.8. The summed E-state index contributed by atoms with van der Waals surface area (Å²) in [4.78, 5) is 0. The van der Waals surface area contributed by atoms with Crippen molar-refractivity contribution in [2.75, 3.05) is 6.54 Å². The summed E-state index contributed by atoms with van der Waals surface area (Å²) >= 11 is 0. The quantitative estimate of drug-likeness (QED) is 0.754. The van der Waals surface area contributed by atoms with Gasteiger partial charge in [0.25, 0.3) is 0 Å². The second-order valence-corrected chi connectivity index (χ2v) is 7.80. The maximum absolute atomic E-state index is 11.7. The zero-order valence-electron chi connectivity index (χ0n) is 9.43. The number of nitrogens with one attached hydrogen (secondary N) is 1. The predicted octanol–water partition coefficient (Wildman–Crippen LogP) is 0.442. The number of rotatable bonds is 4. The number of fused-ring (bicyclic) bond motifs is 1. The molecule has 0 aromatic rings. The minimum absolute atomic E-state index is 0.0899. The molecule has 3 N–H and O–H groups in total. The Morgan fingerprint density at radius 3 is 2.50 bits per heavy atom. The fourth-order valence-corrected chi connectivity index (χ4v) is 4.76. The molecular formula is C11H20N2O2S. The third-order valence-electron chi connectivity index (χ3n) is 4.51. The third-order valence-corrected chi connectivity index (χ3v) is 6.43. The molecule has 0 heterocycles. The third kappa shape index (κ3) is 1.89. The molecule has 0 aromatic heterocycles. The van der Waals surface area contributed by atoms with Gasteiger partial charge in [0.05, 0.1) is 5.25 Å². The van der Waals surface area contributed by atoms with Gasteiger partial charge < -0.3 is 5.73 Å². The van der Waals surface area contributed by atoms with E-state index in [9.17, 15) is 8.42 Å². The lowest BCUT2D eigenvalue weighted by molar-refractivity contribution is 0.173. The minimum atomic E-state index is -2.98. The lowest BCUT2D eigenvalue weighted by atomic mass is 9.72. The van der Waals surface area contributed by atoms with Gasteiger partial charge in [0, 0.05) is 12.6 Å². The Bertz CT molecular complexity index is 377. The highest BCUT2D eigenvalue weighted by Gasteiger charge is 2.46. The lowest BCUT2D eigenvalue weighted by Crippen LogP contribution is -2.44. The molecule has 92 valence electrons. The van der Waals surface area contributed by atoms with Gasteiger partial charge in [-0.3, -0.25) is 0 Å². The molecule has 3 saturated carbocycles. The predicted molar refractivity (Wildman–Crippen MR) is 62.2 cm³/mol. The largest absolute Gasteiger partial charge is 0.327 e. The van der Waals surface area contributed by atoms with Crippen LogP contribution in [-0.4, -0.2) is 26.3 Å². The van der Waals surface area contributed by atoms with Crippen LogP contribution < -0.4 is 10.5 Å². The van der Waals surface area contributed by atoms with E-state index in [1.54, 1.807) is 0 Å². The molecular weight excluding hydrogens is 224 g/mol. The van der Waals surface area contributed by atoms with Gasteiger partial charge in [-0.25, -0.2) is 13.1 Å². The van der Waals surface area contributed by atoms with Gasteiger partial charge >= 0.3 is 0 Å². The zero-order chi connectivity index (χ0) is 11.3. The van der Waals surface area contributed by atoms with Crippen molar-refractivity contribution in [3.63, 3.8) is 0 Å². The fraction of sp³-hybridized carbons (Fsp3) is 1.00. The van der Waals surface area contributed by atoms with Crippen molar-refractivity contribution in [2.45, 2.75) is 43.4 Å². The Hall–Kier alpha value is -0.130. The molecule has 5 heteroatoms. The molecule has 0 radical (unpaired) electrons. The minimum Gasteiger partial charge on any atom is -0.327 e. The SMILES string of the molecule is NC1CC2CC(CNS(=O)(=O)C3CC3)CC12. The molecule has 16 heavy (non-hydrogen) atoms. The van der Waals surface area contributed by atoms with Crippen molar-refractivity contribution >= 4 is 10.0 Å². The molecule has 3 rings (SSSR count). The highest BCUT2D eigenvalue weighted by atomic mass is 32.2. The molecule has 0 amide bonds. The summed E-state index contributed by atoms with van der Waals surface area (Å²) in [5, 5.41) is -0.0899. The van der Waals surface area contributed by atoms with Crippen molar-refractivity contribution in [2.24, 2.45) is 23.5 Å². The van der Waals surface area contributed by atoms with Crippen LogP contribution in [0.15, 0.2) is 0 Å². The standard InChI is InChI=1S/C11H20N2O2S/c12-11-5-8-3-7(4-10(8)11)6-13-16(14,15)9-1-2-9/h7-11,13H,1-6,12H2. The number of hydrogen-bond acceptors (Lipinski definition) is 3. The molecule has 0 spiro atoms. The molecule has 4 nitrogen and oxygen atoms in total. The number of hydrogen-bond donors (Lipinski definition) is 2. The van der Waals surface area contributed by atoms with E-state index < -0.39 is 10.0 Å². The van der Waals surface area contributed by atoms with Gasteiger partial charge in [-0.15, -0.1) is 0 Å². The van der Waals surface area contributed by atoms with Crippen molar-refractivity contribution in [3.05, 3.63) is 0 Å². The van der Waals surface area contributed by atoms with Crippen LogP contribution in [0.1, 0.15) is 32.1 Å². The van der Waals surface area contributed by atoms with Crippen molar-refractivity contribution in [3.8, 4) is 0 Å². The first-order valence-corrected chi connectivity index (χ1v) is 7.85. The highest BCUT2D eigenvalue weighted by Crippen LogP contribution is 2.48. The molecule has 3 aliphatic rings. The highest BCUT2D eigenvalue weighted by molar-refractivity contribution is 7.90. The second-order valence-electron chi connectivity index (χ2n) is 5.75. The van der Waals surface area contributed by atoms with E-state index >= 15 is 0 Å². The van der Waals surface area contributed by atoms with Crippen molar-refractivity contribution in [1.82, 2.24) is 4.72 Å². The van der Waals surface area contributed by atoms with E-state index in [1.165, 1.54) is 6.42 Å². The lowest BCUT2D eigenvalue weighted by Gasteiger charge is -2.37. The van der Waals surface area contributed by atoms with Crippen LogP contribution in [-0.2, 0) is 10.0 Å². The number of nitrogens with two attached hydrogens (primary N) is 1. The summed E-state index contributed by atoms with van der Waals surface area (Å²) in [6, 6.07) is 0.384. The van der Waals surface area contributed by atoms with Crippen LogP contribution in [0.3, 0.4) is 0 Å². The molecule has 3 fully saturated rings. The zero-order valence-corrected chi connectivity index (χ0v) is 10.2. The fourth-order valence-electron chi connectivity index (χ4n) is 3.30. The molecule has 0 aromatic carbocycles. The second kappa shape index (κ2) is 3.68. The van der Waals surface area contributed by atoms with Gasteiger partial charge in [-0.1, -0.05) is 0 Å². The summed E-state index contributed by atoms with van der Waals surface area (Å²) in [5.74, 6) is 1.98. The molecule has 3 aliphatic carbocycles. The van der Waals surface area contributed by atoms with Crippen LogP contribution in [0, 0.1) is 17.8 Å². The molecule has 0 bridgehead atoms. The van der Waals surface area contributed by atoms with Crippen molar-refractivity contribution in [1.29, 1.82) is 0 Å². The van der Waals surface area contributed by atoms with Crippen LogP contribution in [0.4, 0.5) is 0 Å². The van der Waals surface area contributed by atoms with Crippen LogP contribution in [0.25, 0.3) is 0 Å². The van der Waals surface area contributed by atoms with Crippen LogP contribution >= 0.6 is 0 Å². The van der Waals surface area contributed by atoms with E-state index in [-0.39, 0.29) is 5.25 Å². The smallest absolute Gasteiger partial charge is 0.214 e. The van der Waals surface area contributed by atoms with Gasteiger partial charge in [-0.2, -0.15) is 0 Å². The summed E-state index contributed by atoms with van der Waals surface area (Å²) in [6.45, 7) is 0.637. The van der Waals surface area contributed by atoms with Crippen LogP contribution in [0.5, 0.6) is 0 Å². The Kier molecular flexibility index (Phi) is 2.53. The van der Waals surface area contributed by atoms with E-state index in [2.05, 4.69) is 4.72 Å². The summed E-state index contributed by atoms with van der Waals surface area (Å²) in [7, 11) is -2.98. The Morgan fingerprint density at radius 2 is 1.94 bits per heavy atom. The number of sulfonamides is 1. The topological polar surface area (TPSA) is 72.2 Å². The molecule has 0 saturated heterocycles. The Morgan fingerprint density at radius 1 is 1.19 bits per heavy atom. The first-order chi connectivity index (χ1) is 7.56. The Labute approximate surface area is 97.0 Å². The first-order valence-electron chi connectivity index (χ1n) is 6.30. The van der Waals surface area contributed by atoms with Crippen LogP contribution in [0.2, 0.25) is 0 Å². The van der Waals surface area contributed by atoms with E-state index in [1.807, 2.05) is 0 Å².